The summed E-state index contributed by atoms with van der Waals surface area (Å²) in [6, 6.07) is 11.0. The first-order valence-electron chi connectivity index (χ1n) is 7.03. The molecular formula is C17H16I2O4. The predicted octanol–water partition coefficient (Wildman–Crippen LogP) is 5.26. The number of carbonyl (C=O) groups is 1. The molecular weight excluding hydrogens is 522 g/mol. The number of carbonyl (C=O) groups excluding carboxylic acids is 1. The number of rotatable bonds is 6. The normalized spacial score (nSPS) is 10.3. The van der Waals surface area contributed by atoms with Gasteiger partial charge in [0.05, 0.1) is 26.4 Å². The number of esters is 1. The van der Waals surface area contributed by atoms with Gasteiger partial charge < -0.3 is 14.2 Å². The predicted molar refractivity (Wildman–Crippen MR) is 106 cm³/mol. The third-order valence-corrected chi connectivity index (χ3v) is 4.54. The molecule has 0 atom stereocenters. The zero-order valence-corrected chi connectivity index (χ0v) is 17.1. The molecule has 0 fully saturated rings. The van der Waals surface area contributed by atoms with Gasteiger partial charge in [0, 0.05) is 0 Å². The smallest absolute Gasteiger partial charge is 0.337 e. The second-order valence-corrected chi connectivity index (χ2v) is 7.01. The Morgan fingerprint density at radius 3 is 2.13 bits per heavy atom. The van der Waals surface area contributed by atoms with E-state index in [1.807, 2.05) is 24.3 Å². The van der Waals surface area contributed by atoms with E-state index in [1.54, 1.807) is 12.1 Å². The fraction of sp³-hybridized carbons (Fsp3) is 0.235. The molecule has 0 radical (unpaired) electrons. The second-order valence-electron chi connectivity index (χ2n) is 4.68. The molecule has 122 valence electrons. The van der Waals surface area contributed by atoms with Crippen molar-refractivity contribution in [1.29, 1.82) is 0 Å². The van der Waals surface area contributed by atoms with Crippen LogP contribution >= 0.6 is 45.2 Å². The molecule has 6 heteroatoms. The van der Waals surface area contributed by atoms with Crippen LogP contribution in [-0.2, 0) is 4.74 Å². The Morgan fingerprint density at radius 2 is 1.61 bits per heavy atom. The quantitative estimate of drug-likeness (QED) is 0.372. The minimum atomic E-state index is -0.357. The van der Waals surface area contributed by atoms with Gasteiger partial charge in [0.1, 0.15) is 11.5 Å². The third kappa shape index (κ3) is 4.97. The largest absolute Gasteiger partial charge is 0.494 e. The van der Waals surface area contributed by atoms with Crippen molar-refractivity contribution in [2.75, 3.05) is 13.7 Å². The van der Waals surface area contributed by atoms with Crippen molar-refractivity contribution in [1.82, 2.24) is 0 Å². The van der Waals surface area contributed by atoms with E-state index >= 15 is 0 Å². The Balaban J connectivity index is 2.18. The molecule has 0 heterocycles. The first-order chi connectivity index (χ1) is 11.0. The van der Waals surface area contributed by atoms with Gasteiger partial charge in [0.2, 0.25) is 0 Å². The van der Waals surface area contributed by atoms with Gasteiger partial charge in [-0.25, -0.2) is 4.79 Å². The van der Waals surface area contributed by atoms with Crippen LogP contribution in [0.25, 0.3) is 0 Å². The van der Waals surface area contributed by atoms with Crippen molar-refractivity contribution >= 4 is 51.2 Å². The van der Waals surface area contributed by atoms with Gasteiger partial charge in [-0.1, -0.05) is 6.92 Å². The first kappa shape index (κ1) is 18.3. The molecule has 4 nitrogen and oxygen atoms in total. The van der Waals surface area contributed by atoms with Crippen molar-refractivity contribution in [3.63, 3.8) is 0 Å². The summed E-state index contributed by atoms with van der Waals surface area (Å²) in [7, 11) is 1.37. The number of benzene rings is 2. The minimum Gasteiger partial charge on any atom is -0.494 e. The van der Waals surface area contributed by atoms with Crippen molar-refractivity contribution in [2.45, 2.75) is 13.3 Å². The summed E-state index contributed by atoms with van der Waals surface area (Å²) in [5.74, 6) is 1.91. The van der Waals surface area contributed by atoms with E-state index in [0.29, 0.717) is 12.2 Å². The molecule has 2 rings (SSSR count). The average molecular weight is 538 g/mol. The summed E-state index contributed by atoms with van der Waals surface area (Å²) in [4.78, 5) is 11.6. The highest BCUT2D eigenvalue weighted by atomic mass is 127. The Morgan fingerprint density at radius 1 is 1.04 bits per heavy atom. The van der Waals surface area contributed by atoms with E-state index in [1.165, 1.54) is 7.11 Å². The van der Waals surface area contributed by atoms with Crippen LogP contribution in [0.1, 0.15) is 23.7 Å². The molecule has 0 amide bonds. The van der Waals surface area contributed by atoms with Crippen molar-refractivity contribution < 1.29 is 19.0 Å². The van der Waals surface area contributed by atoms with Crippen LogP contribution in [-0.4, -0.2) is 19.7 Å². The number of ether oxygens (including phenoxy) is 3. The van der Waals surface area contributed by atoms with E-state index in [4.69, 9.17) is 14.2 Å². The van der Waals surface area contributed by atoms with Gasteiger partial charge in [-0.05, 0) is 88.0 Å². The highest BCUT2D eigenvalue weighted by molar-refractivity contribution is 14.1. The standard InChI is InChI=1S/C17H16I2O4/c1-3-8-22-12-4-6-13(7-5-12)23-16-14(18)9-11(10-15(16)19)17(20)21-2/h4-7,9-10H,3,8H2,1-2H3. The molecule has 0 aromatic heterocycles. The molecule has 0 unspecified atom stereocenters. The topological polar surface area (TPSA) is 44.8 Å². The van der Waals surface area contributed by atoms with Gasteiger partial charge >= 0.3 is 5.97 Å². The zero-order chi connectivity index (χ0) is 16.8. The summed E-state index contributed by atoms with van der Waals surface area (Å²) in [6.07, 6.45) is 0.973. The molecule has 23 heavy (non-hydrogen) atoms. The van der Waals surface area contributed by atoms with E-state index in [-0.39, 0.29) is 5.97 Å². The highest BCUT2D eigenvalue weighted by Crippen LogP contribution is 2.33. The lowest BCUT2D eigenvalue weighted by molar-refractivity contribution is 0.0600. The minimum absolute atomic E-state index is 0.357. The van der Waals surface area contributed by atoms with Gasteiger partial charge in [0.15, 0.2) is 5.75 Å². The second kappa shape index (κ2) is 8.72. The maximum Gasteiger partial charge on any atom is 0.337 e. The molecule has 0 saturated heterocycles. The van der Waals surface area contributed by atoms with Crippen LogP contribution in [0.4, 0.5) is 0 Å². The van der Waals surface area contributed by atoms with E-state index < -0.39 is 0 Å². The van der Waals surface area contributed by atoms with Crippen molar-refractivity contribution in [2.24, 2.45) is 0 Å². The van der Waals surface area contributed by atoms with Crippen molar-refractivity contribution in [3.8, 4) is 17.2 Å². The Kier molecular flexibility index (Phi) is 6.94. The molecule has 0 bridgehead atoms. The number of hydrogen-bond acceptors (Lipinski definition) is 4. The van der Waals surface area contributed by atoms with Crippen LogP contribution in [0.5, 0.6) is 17.2 Å². The number of hydrogen-bond donors (Lipinski definition) is 0. The maximum atomic E-state index is 11.6. The summed E-state index contributed by atoms with van der Waals surface area (Å²) >= 11 is 4.30. The molecule has 2 aromatic rings. The SMILES string of the molecule is CCCOc1ccc(Oc2c(I)cc(C(=O)OC)cc2I)cc1. The van der Waals surface area contributed by atoms with Gasteiger partial charge in [-0.2, -0.15) is 0 Å². The Labute approximate surface area is 162 Å². The Bertz CT molecular complexity index is 660. The van der Waals surface area contributed by atoms with Crippen LogP contribution in [0.2, 0.25) is 0 Å². The third-order valence-electron chi connectivity index (χ3n) is 2.94. The highest BCUT2D eigenvalue weighted by Gasteiger charge is 2.14. The van der Waals surface area contributed by atoms with Crippen LogP contribution in [0.15, 0.2) is 36.4 Å². The van der Waals surface area contributed by atoms with E-state index in [0.717, 1.165) is 30.8 Å². The van der Waals surface area contributed by atoms with Crippen LogP contribution in [0, 0.1) is 7.14 Å². The summed E-state index contributed by atoms with van der Waals surface area (Å²) in [6.45, 7) is 2.77. The lowest BCUT2D eigenvalue weighted by Crippen LogP contribution is -2.03. The van der Waals surface area contributed by atoms with E-state index in [9.17, 15) is 4.79 Å². The molecule has 0 N–H and O–H groups in total. The van der Waals surface area contributed by atoms with Crippen molar-refractivity contribution in [3.05, 3.63) is 49.1 Å². The number of halogens is 2. The van der Waals surface area contributed by atoms with Gasteiger partial charge in [-0.15, -0.1) is 0 Å². The lowest BCUT2D eigenvalue weighted by Gasteiger charge is -2.12. The molecule has 2 aromatic carbocycles. The molecule has 0 spiro atoms. The van der Waals surface area contributed by atoms with E-state index in [2.05, 4.69) is 52.1 Å². The fourth-order valence-corrected chi connectivity index (χ4v) is 3.82. The van der Waals surface area contributed by atoms with Crippen LogP contribution < -0.4 is 9.47 Å². The van der Waals surface area contributed by atoms with Gasteiger partial charge in [-0.3, -0.25) is 0 Å². The van der Waals surface area contributed by atoms with Crippen LogP contribution in [0.3, 0.4) is 0 Å². The monoisotopic (exact) mass is 538 g/mol. The Hall–Kier alpha value is -1.03. The molecule has 0 aliphatic carbocycles. The summed E-state index contributed by atoms with van der Waals surface area (Å²) < 4.78 is 17.9. The summed E-state index contributed by atoms with van der Waals surface area (Å²) in [5.41, 5.74) is 0.511. The average Bonchev–Trinajstić information content (AvgIpc) is 2.56. The molecule has 0 saturated carbocycles. The summed E-state index contributed by atoms with van der Waals surface area (Å²) in [5, 5.41) is 0. The molecule has 0 aliphatic heterocycles. The maximum absolute atomic E-state index is 11.6. The van der Waals surface area contributed by atoms with Gasteiger partial charge in [0.25, 0.3) is 0 Å². The first-order valence-corrected chi connectivity index (χ1v) is 9.19. The zero-order valence-electron chi connectivity index (χ0n) is 12.8. The fourth-order valence-electron chi connectivity index (χ4n) is 1.83. The lowest BCUT2D eigenvalue weighted by atomic mass is 10.2. The molecule has 0 aliphatic rings. The number of methoxy groups -OCH3 is 1.